The van der Waals surface area contributed by atoms with Crippen molar-refractivity contribution in [1.82, 2.24) is 4.57 Å². The van der Waals surface area contributed by atoms with Crippen molar-refractivity contribution in [2.45, 2.75) is 26.1 Å². The number of aromatic nitrogens is 1. The molecule has 2 aromatic heterocycles. The summed E-state index contributed by atoms with van der Waals surface area (Å²) in [5.41, 5.74) is -1.75. The van der Waals surface area contributed by atoms with Crippen molar-refractivity contribution in [2.24, 2.45) is 0 Å². The molecule has 0 aliphatic heterocycles. The van der Waals surface area contributed by atoms with Crippen LogP contribution in [0.25, 0.3) is 11.0 Å². The molecular weight excluding hydrogens is 387 g/mol. The van der Waals surface area contributed by atoms with Gasteiger partial charge in [-0.25, -0.2) is 4.79 Å². The number of rotatable bonds is 3. The van der Waals surface area contributed by atoms with E-state index in [-0.39, 0.29) is 23.4 Å². The van der Waals surface area contributed by atoms with E-state index in [1.54, 1.807) is 13.0 Å². The van der Waals surface area contributed by atoms with Gasteiger partial charge in [0.25, 0.3) is 5.56 Å². The number of benzene rings is 1. The van der Waals surface area contributed by atoms with Gasteiger partial charge in [0.1, 0.15) is 16.4 Å². The molecule has 0 fully saturated rings. The van der Waals surface area contributed by atoms with Gasteiger partial charge >= 0.3 is 11.8 Å². The second-order valence-electron chi connectivity index (χ2n) is 5.93. The predicted octanol–water partition coefficient (Wildman–Crippen LogP) is 3.94. The summed E-state index contributed by atoms with van der Waals surface area (Å²) in [6.07, 6.45) is -3.55. The number of aromatic hydroxyl groups is 1. The highest BCUT2D eigenvalue weighted by Gasteiger charge is 2.32. The molecule has 142 valence electrons. The minimum Gasteiger partial charge on any atom is -0.508 e. The van der Waals surface area contributed by atoms with Crippen molar-refractivity contribution in [3.05, 3.63) is 72.9 Å². The number of phenolic OH excluding ortho intramolecular Hbond substituents is 1. The molecule has 0 aliphatic rings. The van der Waals surface area contributed by atoms with Gasteiger partial charge in [-0.2, -0.15) is 13.2 Å². The van der Waals surface area contributed by atoms with Gasteiger partial charge < -0.3 is 14.1 Å². The number of alkyl halides is 3. The third kappa shape index (κ3) is 3.71. The highest BCUT2D eigenvalue weighted by molar-refractivity contribution is 6.30. The Bertz CT molecular complexity index is 1150. The Morgan fingerprint density at radius 1 is 1.15 bits per heavy atom. The summed E-state index contributed by atoms with van der Waals surface area (Å²) >= 11 is 5.66. The summed E-state index contributed by atoms with van der Waals surface area (Å²) in [6.45, 7) is 1.48. The van der Waals surface area contributed by atoms with Gasteiger partial charge in [0.15, 0.2) is 0 Å². The van der Waals surface area contributed by atoms with E-state index >= 15 is 0 Å². The van der Waals surface area contributed by atoms with E-state index in [0.29, 0.717) is 29.6 Å². The van der Waals surface area contributed by atoms with Gasteiger partial charge in [-0.3, -0.25) is 4.79 Å². The van der Waals surface area contributed by atoms with E-state index in [4.69, 9.17) is 16.0 Å². The Balaban J connectivity index is 2.22. The van der Waals surface area contributed by atoms with Gasteiger partial charge in [-0.05, 0) is 29.7 Å². The van der Waals surface area contributed by atoms with Gasteiger partial charge in [0, 0.05) is 23.7 Å². The number of fused-ring (bicyclic) bond motifs is 1. The summed E-state index contributed by atoms with van der Waals surface area (Å²) in [5.74, 6) is -0.0652. The van der Waals surface area contributed by atoms with Crippen LogP contribution in [0, 0.1) is 0 Å². The maximum Gasteiger partial charge on any atom is 0.417 e. The summed E-state index contributed by atoms with van der Waals surface area (Å²) in [4.78, 5) is 24.0. The largest absolute Gasteiger partial charge is 0.508 e. The molecule has 3 aromatic rings. The van der Waals surface area contributed by atoms with Crippen molar-refractivity contribution in [2.75, 3.05) is 0 Å². The van der Waals surface area contributed by atoms with Crippen LogP contribution < -0.4 is 11.2 Å². The van der Waals surface area contributed by atoms with Crippen molar-refractivity contribution in [1.29, 1.82) is 0 Å². The van der Waals surface area contributed by atoms with Crippen LogP contribution in [0.3, 0.4) is 0 Å². The lowest BCUT2D eigenvalue weighted by molar-refractivity contribution is -0.138. The van der Waals surface area contributed by atoms with Crippen molar-refractivity contribution < 1.29 is 22.7 Å². The number of phenols is 1. The molecule has 3 rings (SSSR count). The van der Waals surface area contributed by atoms with E-state index in [2.05, 4.69) is 0 Å². The number of halogens is 4. The third-order valence-corrected chi connectivity index (χ3v) is 4.39. The third-order valence-electron chi connectivity index (χ3n) is 4.12. The fourth-order valence-corrected chi connectivity index (χ4v) is 3.00. The lowest BCUT2D eigenvalue weighted by Crippen LogP contribution is -2.24. The highest BCUT2D eigenvalue weighted by Crippen LogP contribution is 2.30. The zero-order chi connectivity index (χ0) is 19.9. The van der Waals surface area contributed by atoms with Crippen LogP contribution in [0.2, 0.25) is 5.02 Å². The second kappa shape index (κ2) is 6.77. The molecule has 0 saturated carbocycles. The normalized spacial score (nSPS) is 11.9. The molecule has 2 heterocycles. The molecule has 0 amide bonds. The molecule has 27 heavy (non-hydrogen) atoms. The smallest absolute Gasteiger partial charge is 0.417 e. The molecule has 1 N–H and O–H groups in total. The van der Waals surface area contributed by atoms with Crippen LogP contribution in [0.1, 0.15) is 23.6 Å². The van der Waals surface area contributed by atoms with E-state index in [1.807, 2.05) is 0 Å². The highest BCUT2D eigenvalue weighted by atomic mass is 35.5. The zero-order valence-corrected chi connectivity index (χ0v) is 14.7. The Morgan fingerprint density at radius 3 is 2.48 bits per heavy atom. The number of hydrogen-bond acceptors (Lipinski definition) is 4. The Morgan fingerprint density at radius 2 is 1.85 bits per heavy atom. The quantitative estimate of drug-likeness (QED) is 0.677. The monoisotopic (exact) mass is 399 g/mol. The molecular formula is C18H13ClF3NO4. The molecule has 9 heteroatoms. The number of hydrogen-bond donors (Lipinski definition) is 1. The number of nitrogens with zero attached hydrogens (tertiary/aromatic N) is 1. The molecule has 1 aromatic carbocycles. The zero-order valence-electron chi connectivity index (χ0n) is 13.9. The van der Waals surface area contributed by atoms with Gasteiger partial charge in [0.05, 0.1) is 12.1 Å². The van der Waals surface area contributed by atoms with E-state index in [1.165, 1.54) is 6.07 Å². The molecule has 0 spiro atoms. The fraction of sp³-hybridized carbons (Fsp3) is 0.222. The maximum absolute atomic E-state index is 13.0. The molecule has 0 radical (unpaired) electrons. The minimum absolute atomic E-state index is 0.0652. The minimum atomic E-state index is -4.68. The lowest BCUT2D eigenvalue weighted by atomic mass is 10.0. The second-order valence-corrected chi connectivity index (χ2v) is 6.34. The van der Waals surface area contributed by atoms with Gasteiger partial charge in [-0.15, -0.1) is 0 Å². The lowest BCUT2D eigenvalue weighted by Gasteiger charge is -2.13. The summed E-state index contributed by atoms with van der Waals surface area (Å²) in [6, 6.07) is 4.49. The Labute approximate surface area is 155 Å². The SMILES string of the molecule is CCc1cc2c(Cn3cc(C(F)(F)F)cc(Cl)c3=O)cc(=O)oc2cc1O. The average Bonchev–Trinajstić information content (AvgIpc) is 2.57. The Kier molecular flexibility index (Phi) is 4.77. The molecule has 0 atom stereocenters. The first-order valence-electron chi connectivity index (χ1n) is 7.86. The first kappa shape index (κ1) is 19.0. The van der Waals surface area contributed by atoms with Crippen LogP contribution in [0.5, 0.6) is 5.75 Å². The van der Waals surface area contributed by atoms with Crippen molar-refractivity contribution in [3.63, 3.8) is 0 Å². The topological polar surface area (TPSA) is 72.4 Å². The molecule has 0 aliphatic carbocycles. The van der Waals surface area contributed by atoms with Crippen molar-refractivity contribution in [3.8, 4) is 5.75 Å². The number of pyridine rings is 1. The number of aryl methyl sites for hydroxylation is 1. The van der Waals surface area contributed by atoms with Crippen molar-refractivity contribution >= 4 is 22.6 Å². The Hall–Kier alpha value is -2.74. The summed E-state index contributed by atoms with van der Waals surface area (Å²) in [7, 11) is 0. The molecule has 5 nitrogen and oxygen atoms in total. The van der Waals surface area contributed by atoms with E-state index in [0.717, 1.165) is 10.6 Å². The maximum atomic E-state index is 13.0. The van der Waals surface area contributed by atoms with E-state index in [9.17, 15) is 27.9 Å². The standard InChI is InChI=1S/C18H13ClF3NO4/c1-2-9-3-12-10(4-16(25)27-15(12)6-14(9)24)7-23-8-11(18(20,21)22)5-13(19)17(23)26/h3-6,8,24H,2,7H2,1H3. The molecule has 0 unspecified atom stereocenters. The first-order chi connectivity index (χ1) is 12.6. The average molecular weight is 400 g/mol. The fourth-order valence-electron chi connectivity index (χ4n) is 2.78. The van der Waals surface area contributed by atoms with Crippen LogP contribution in [0.4, 0.5) is 13.2 Å². The van der Waals surface area contributed by atoms with Gasteiger partial charge in [0.2, 0.25) is 0 Å². The summed E-state index contributed by atoms with van der Waals surface area (Å²) in [5, 5.41) is 9.75. The predicted molar refractivity (Wildman–Crippen MR) is 93.3 cm³/mol. The molecule has 0 saturated heterocycles. The van der Waals surface area contributed by atoms with Crippen LogP contribution in [-0.4, -0.2) is 9.67 Å². The van der Waals surface area contributed by atoms with Gasteiger partial charge in [-0.1, -0.05) is 18.5 Å². The van der Waals surface area contributed by atoms with Crippen LogP contribution in [-0.2, 0) is 19.1 Å². The van der Waals surface area contributed by atoms with E-state index < -0.39 is 27.9 Å². The first-order valence-corrected chi connectivity index (χ1v) is 8.23. The van der Waals surface area contributed by atoms with Crippen LogP contribution in [0.15, 0.2) is 44.5 Å². The summed E-state index contributed by atoms with van der Waals surface area (Å²) < 4.78 is 44.9. The molecule has 0 bridgehead atoms. The van der Waals surface area contributed by atoms with Crippen LogP contribution >= 0.6 is 11.6 Å².